The van der Waals surface area contributed by atoms with Gasteiger partial charge < -0.3 is 4.42 Å². The van der Waals surface area contributed by atoms with Gasteiger partial charge in [0, 0.05) is 6.54 Å². The molecule has 0 aliphatic heterocycles. The van der Waals surface area contributed by atoms with Crippen LogP contribution in [0.2, 0.25) is 0 Å². The van der Waals surface area contributed by atoms with Crippen LogP contribution in [0.25, 0.3) is 0 Å². The number of benzene rings is 1. The number of thiophene rings is 1. The second kappa shape index (κ2) is 7.82. The Balaban J connectivity index is 1.95. The molecule has 0 spiro atoms. The minimum atomic E-state index is -3.91. The molecule has 1 aromatic carbocycles. The van der Waals surface area contributed by atoms with Gasteiger partial charge >= 0.3 is 0 Å². The van der Waals surface area contributed by atoms with Gasteiger partial charge in [-0.3, -0.25) is 0 Å². The van der Waals surface area contributed by atoms with Gasteiger partial charge in [-0.15, -0.1) is 11.3 Å². The number of rotatable bonds is 7. The molecule has 0 bridgehead atoms. The topological polar surface area (TPSA) is 93.4 Å². The molecule has 2 heterocycles. The lowest BCUT2D eigenvalue weighted by Gasteiger charge is -2.17. The van der Waals surface area contributed by atoms with Crippen LogP contribution >= 0.6 is 11.3 Å². The maximum Gasteiger partial charge on any atom is 0.241 e. The van der Waals surface area contributed by atoms with Crippen molar-refractivity contribution in [1.82, 2.24) is 4.72 Å². The number of nitrogens with one attached hydrogen (secondary N) is 1. The number of hydrogen-bond donors (Lipinski definition) is 1. The molecular formula is C19H21NO5S3. The summed E-state index contributed by atoms with van der Waals surface area (Å²) in [4.78, 5) is 0.171. The summed E-state index contributed by atoms with van der Waals surface area (Å²) in [6.45, 7) is 5.01. The number of sulfonamides is 1. The van der Waals surface area contributed by atoms with Crippen molar-refractivity contribution in [2.24, 2.45) is 0 Å². The first-order valence-electron chi connectivity index (χ1n) is 8.51. The molecule has 0 amide bonds. The lowest BCUT2D eigenvalue weighted by atomic mass is 10.1. The van der Waals surface area contributed by atoms with Crippen LogP contribution in [-0.4, -0.2) is 23.4 Å². The Bertz CT molecular complexity index is 1140. The molecule has 150 valence electrons. The Morgan fingerprint density at radius 1 is 1.04 bits per heavy atom. The van der Waals surface area contributed by atoms with Crippen LogP contribution < -0.4 is 4.72 Å². The fourth-order valence-corrected chi connectivity index (χ4v) is 7.64. The summed E-state index contributed by atoms with van der Waals surface area (Å²) in [5.41, 5.74) is 2.18. The monoisotopic (exact) mass is 439 g/mol. The molecule has 2 aromatic heterocycles. The van der Waals surface area contributed by atoms with Crippen LogP contribution in [0.5, 0.6) is 0 Å². The third kappa shape index (κ3) is 4.07. The predicted molar refractivity (Wildman–Crippen MR) is 109 cm³/mol. The van der Waals surface area contributed by atoms with Gasteiger partial charge in [-0.25, -0.2) is 21.6 Å². The van der Waals surface area contributed by atoms with Gasteiger partial charge in [0.2, 0.25) is 10.0 Å². The second-order valence-electron chi connectivity index (χ2n) is 6.56. The van der Waals surface area contributed by atoms with Crippen LogP contribution in [0, 0.1) is 20.8 Å². The molecule has 0 saturated carbocycles. The normalized spacial score (nSPS) is 13.5. The zero-order chi connectivity index (χ0) is 20.5. The molecule has 28 heavy (non-hydrogen) atoms. The lowest BCUT2D eigenvalue weighted by Crippen LogP contribution is -2.32. The largest absolute Gasteiger partial charge is 0.468 e. The fourth-order valence-electron chi connectivity index (χ4n) is 3.25. The molecule has 9 heteroatoms. The summed E-state index contributed by atoms with van der Waals surface area (Å²) in [6, 6.07) is 9.82. The molecular weight excluding hydrogens is 418 g/mol. The van der Waals surface area contributed by atoms with Gasteiger partial charge in [0.15, 0.2) is 9.84 Å². The van der Waals surface area contributed by atoms with Crippen molar-refractivity contribution < 1.29 is 21.3 Å². The van der Waals surface area contributed by atoms with Crippen molar-refractivity contribution >= 4 is 31.2 Å². The summed E-state index contributed by atoms with van der Waals surface area (Å²) in [6.07, 6.45) is 1.37. The highest BCUT2D eigenvalue weighted by atomic mass is 32.2. The maximum atomic E-state index is 13.0. The standard InChI is InChI=1S/C19H21NO5S3/c1-13-10-14(2)19(15(3)11-13)28(23,24)20-12-17(16-6-4-8-25-16)27(21,22)18-7-5-9-26-18/h4-11,17,20H,12H2,1-3H3/t17-/m0/s1. The van der Waals surface area contributed by atoms with Gasteiger partial charge in [-0.1, -0.05) is 23.8 Å². The van der Waals surface area contributed by atoms with E-state index in [-0.39, 0.29) is 21.4 Å². The first-order chi connectivity index (χ1) is 13.1. The van der Waals surface area contributed by atoms with Crippen molar-refractivity contribution in [1.29, 1.82) is 0 Å². The molecule has 0 unspecified atom stereocenters. The van der Waals surface area contributed by atoms with E-state index in [4.69, 9.17) is 4.42 Å². The van der Waals surface area contributed by atoms with E-state index in [0.29, 0.717) is 11.1 Å². The summed E-state index contributed by atoms with van der Waals surface area (Å²) in [5.74, 6) is 0.188. The molecule has 0 radical (unpaired) electrons. The molecule has 0 saturated heterocycles. The van der Waals surface area contributed by atoms with Gasteiger partial charge in [0.1, 0.15) is 15.2 Å². The Labute approximate surface area is 169 Å². The number of aryl methyl sites for hydroxylation is 3. The first-order valence-corrected chi connectivity index (χ1v) is 12.4. The van der Waals surface area contributed by atoms with Crippen molar-refractivity contribution in [2.75, 3.05) is 6.54 Å². The van der Waals surface area contributed by atoms with Crippen molar-refractivity contribution in [3.63, 3.8) is 0 Å². The predicted octanol–water partition coefficient (Wildman–Crippen LogP) is 3.76. The summed E-state index contributed by atoms with van der Waals surface area (Å²) in [5, 5.41) is 0.497. The zero-order valence-corrected chi connectivity index (χ0v) is 18.1. The molecule has 0 aliphatic carbocycles. The Kier molecular flexibility index (Phi) is 5.81. The summed E-state index contributed by atoms with van der Waals surface area (Å²) < 4.78 is 59.9. The minimum Gasteiger partial charge on any atom is -0.468 e. The third-order valence-corrected chi connectivity index (χ3v) is 9.56. The van der Waals surface area contributed by atoms with E-state index < -0.39 is 25.1 Å². The highest BCUT2D eigenvalue weighted by molar-refractivity contribution is 7.93. The van der Waals surface area contributed by atoms with Crippen LogP contribution in [0.3, 0.4) is 0 Å². The third-order valence-electron chi connectivity index (χ3n) is 4.34. The molecule has 1 atom stereocenters. The zero-order valence-electron chi connectivity index (χ0n) is 15.7. The minimum absolute atomic E-state index is 0.163. The van der Waals surface area contributed by atoms with E-state index in [9.17, 15) is 16.8 Å². The highest BCUT2D eigenvalue weighted by Gasteiger charge is 2.34. The fraction of sp³-hybridized carbons (Fsp3) is 0.263. The van der Waals surface area contributed by atoms with Crippen molar-refractivity contribution in [3.05, 3.63) is 70.5 Å². The molecule has 1 N–H and O–H groups in total. The smallest absolute Gasteiger partial charge is 0.241 e. The van der Waals surface area contributed by atoms with Gasteiger partial charge in [0.05, 0.1) is 11.2 Å². The van der Waals surface area contributed by atoms with Crippen LogP contribution in [0.4, 0.5) is 0 Å². The van der Waals surface area contributed by atoms with E-state index in [1.165, 1.54) is 18.4 Å². The van der Waals surface area contributed by atoms with Crippen LogP contribution in [0.15, 0.2) is 61.6 Å². The van der Waals surface area contributed by atoms with Gasteiger partial charge in [-0.2, -0.15) is 0 Å². The highest BCUT2D eigenvalue weighted by Crippen LogP contribution is 2.32. The Morgan fingerprint density at radius 2 is 1.71 bits per heavy atom. The van der Waals surface area contributed by atoms with E-state index in [2.05, 4.69) is 4.72 Å². The lowest BCUT2D eigenvalue weighted by molar-refractivity contribution is 0.487. The van der Waals surface area contributed by atoms with E-state index in [1.807, 2.05) is 6.92 Å². The Morgan fingerprint density at radius 3 is 2.25 bits per heavy atom. The van der Waals surface area contributed by atoms with E-state index in [0.717, 1.165) is 16.9 Å². The maximum absolute atomic E-state index is 13.0. The summed E-state index contributed by atoms with van der Waals surface area (Å²) >= 11 is 1.08. The van der Waals surface area contributed by atoms with Crippen molar-refractivity contribution in [2.45, 2.75) is 35.1 Å². The molecule has 3 aromatic rings. The molecule has 0 fully saturated rings. The summed E-state index contributed by atoms with van der Waals surface area (Å²) in [7, 11) is -7.72. The number of sulfone groups is 1. The second-order valence-corrected chi connectivity index (χ2v) is 11.6. The molecule has 0 aliphatic rings. The Hall–Kier alpha value is -1.94. The van der Waals surface area contributed by atoms with Crippen molar-refractivity contribution in [3.8, 4) is 0 Å². The quantitative estimate of drug-likeness (QED) is 0.605. The number of furan rings is 1. The van der Waals surface area contributed by atoms with Gasteiger partial charge in [0.25, 0.3) is 0 Å². The number of hydrogen-bond acceptors (Lipinski definition) is 6. The van der Waals surface area contributed by atoms with Crippen LogP contribution in [0.1, 0.15) is 27.7 Å². The average Bonchev–Trinajstić information content (AvgIpc) is 3.27. The molecule has 3 rings (SSSR count). The average molecular weight is 440 g/mol. The SMILES string of the molecule is Cc1cc(C)c(S(=O)(=O)NC[C@@H](c2ccco2)S(=O)(=O)c2cccs2)c(C)c1. The molecule has 6 nitrogen and oxygen atoms in total. The van der Waals surface area contributed by atoms with Crippen LogP contribution in [-0.2, 0) is 19.9 Å². The first kappa shape index (κ1) is 20.8. The van der Waals surface area contributed by atoms with Gasteiger partial charge in [-0.05, 0) is 55.5 Å². The van der Waals surface area contributed by atoms with E-state index in [1.54, 1.807) is 43.5 Å². The van der Waals surface area contributed by atoms with E-state index >= 15 is 0 Å².